The number of hydrogen-bond donors (Lipinski definition) is 2. The molecule has 0 atom stereocenters. The van der Waals surface area contributed by atoms with Crippen molar-refractivity contribution in [3.8, 4) is 5.88 Å². The summed E-state index contributed by atoms with van der Waals surface area (Å²) >= 11 is 0. The van der Waals surface area contributed by atoms with Crippen LogP contribution in [0.15, 0.2) is 83.9 Å². The number of likely N-dealkylation sites (N-methyl/N-ethyl adjacent to an activating group) is 1. The Morgan fingerprint density at radius 1 is 0.941 bits per heavy atom. The Kier molecular flexibility index (Phi) is 6.72. The third-order valence-electron chi connectivity index (χ3n) is 5.48. The molecule has 0 spiro atoms. The van der Waals surface area contributed by atoms with Gasteiger partial charge in [0.05, 0.1) is 28.9 Å². The van der Waals surface area contributed by atoms with Gasteiger partial charge >= 0.3 is 0 Å². The topological polar surface area (TPSA) is 89.0 Å². The Balaban J connectivity index is 1.86. The van der Waals surface area contributed by atoms with Crippen LogP contribution in [-0.4, -0.2) is 62.6 Å². The highest BCUT2D eigenvalue weighted by Gasteiger charge is 2.20. The quantitative estimate of drug-likeness (QED) is 0.370. The van der Waals surface area contributed by atoms with Gasteiger partial charge in [0, 0.05) is 29.6 Å². The lowest BCUT2D eigenvalue weighted by atomic mass is 10.0. The fourth-order valence-corrected chi connectivity index (χ4v) is 4.76. The van der Waals surface area contributed by atoms with Crippen LogP contribution < -0.4 is 4.31 Å². The summed E-state index contributed by atoms with van der Waals surface area (Å²) in [5.41, 5.74) is 3.95. The fourth-order valence-electron chi connectivity index (χ4n) is 3.85. The van der Waals surface area contributed by atoms with Crippen LogP contribution in [-0.2, 0) is 10.0 Å². The number of fused-ring (bicyclic) bond motifs is 1. The Bertz CT molecular complexity index is 1430. The summed E-state index contributed by atoms with van der Waals surface area (Å²) in [4.78, 5) is 9.87. The second-order valence-electron chi connectivity index (χ2n) is 8.38. The van der Waals surface area contributed by atoms with E-state index in [1.54, 1.807) is 18.2 Å². The van der Waals surface area contributed by atoms with E-state index >= 15 is 0 Å². The summed E-state index contributed by atoms with van der Waals surface area (Å²) in [7, 11) is 0.331. The molecule has 0 saturated carbocycles. The normalized spacial score (nSPS) is 12.4. The van der Waals surface area contributed by atoms with Crippen LogP contribution >= 0.6 is 0 Å². The number of aromatic amines is 1. The van der Waals surface area contributed by atoms with Gasteiger partial charge in [-0.1, -0.05) is 54.6 Å². The number of benzene rings is 3. The number of para-hydroxylation sites is 1. The van der Waals surface area contributed by atoms with E-state index in [0.29, 0.717) is 35.7 Å². The number of nitrogens with zero attached hydrogens (tertiary/aromatic N) is 3. The molecular weight excluding hydrogens is 448 g/mol. The molecule has 0 fully saturated rings. The minimum atomic E-state index is -3.48. The molecule has 1 aromatic heterocycles. The van der Waals surface area contributed by atoms with Crippen molar-refractivity contribution in [2.24, 2.45) is 4.99 Å². The zero-order valence-corrected chi connectivity index (χ0v) is 20.2. The second-order valence-corrected chi connectivity index (χ2v) is 10.3. The average Bonchev–Trinajstić information content (AvgIpc) is 3.13. The summed E-state index contributed by atoms with van der Waals surface area (Å²) in [6.45, 7) is 0.910. The zero-order valence-electron chi connectivity index (χ0n) is 19.4. The first-order valence-electron chi connectivity index (χ1n) is 10.9. The number of H-pyrrole nitrogens is 1. The molecule has 7 nitrogen and oxygen atoms in total. The van der Waals surface area contributed by atoms with Crippen molar-refractivity contribution < 1.29 is 13.5 Å². The molecule has 1 heterocycles. The predicted octanol–water partition coefficient (Wildman–Crippen LogP) is 4.37. The van der Waals surface area contributed by atoms with Crippen molar-refractivity contribution in [3.05, 3.63) is 90.0 Å². The molecule has 0 aliphatic carbocycles. The fraction of sp³-hybridized carbons (Fsp3) is 0.192. The van der Waals surface area contributed by atoms with Crippen molar-refractivity contribution in [2.75, 3.05) is 37.7 Å². The van der Waals surface area contributed by atoms with Gasteiger partial charge in [0.25, 0.3) is 0 Å². The van der Waals surface area contributed by atoms with Crippen molar-refractivity contribution >= 4 is 38.0 Å². The van der Waals surface area contributed by atoms with Crippen molar-refractivity contribution in [3.63, 3.8) is 0 Å². The third kappa shape index (κ3) is 5.13. The van der Waals surface area contributed by atoms with E-state index in [2.05, 4.69) is 4.98 Å². The Morgan fingerprint density at radius 3 is 2.35 bits per heavy atom. The molecule has 0 amide bonds. The maximum atomic E-state index is 12.5. The first-order chi connectivity index (χ1) is 16.2. The van der Waals surface area contributed by atoms with Crippen LogP contribution in [0.3, 0.4) is 0 Å². The predicted molar refractivity (Wildman–Crippen MR) is 139 cm³/mol. The monoisotopic (exact) mass is 476 g/mol. The van der Waals surface area contributed by atoms with Crippen LogP contribution in [0.2, 0.25) is 0 Å². The maximum Gasteiger partial charge on any atom is 0.232 e. The summed E-state index contributed by atoms with van der Waals surface area (Å²) in [6.07, 6.45) is 1.21. The summed E-state index contributed by atoms with van der Waals surface area (Å²) in [5, 5.41) is 11.6. The van der Waals surface area contributed by atoms with Gasteiger partial charge in [-0.3, -0.25) is 4.31 Å². The SMILES string of the molecule is CN(C)CCN(c1cccc(N=C(c2ccccc2)c2c(O)[nH]c3ccccc23)c1)S(C)(=O)=O. The first kappa shape index (κ1) is 23.5. The highest BCUT2D eigenvalue weighted by molar-refractivity contribution is 7.92. The number of nitrogens with one attached hydrogen (secondary N) is 1. The molecule has 0 saturated heterocycles. The lowest BCUT2D eigenvalue weighted by Crippen LogP contribution is -2.35. The molecule has 8 heteroatoms. The average molecular weight is 477 g/mol. The van der Waals surface area contributed by atoms with E-state index in [4.69, 9.17) is 4.99 Å². The number of aliphatic imine (C=N–C) groups is 1. The molecule has 4 aromatic rings. The molecular formula is C26H28N4O3S. The minimum absolute atomic E-state index is 0.0312. The summed E-state index contributed by atoms with van der Waals surface area (Å²) in [5.74, 6) is 0.0312. The number of aromatic nitrogens is 1. The van der Waals surface area contributed by atoms with Crippen LogP contribution in [0.25, 0.3) is 10.9 Å². The van der Waals surface area contributed by atoms with Gasteiger partial charge in [-0.2, -0.15) is 0 Å². The number of rotatable bonds is 8. The summed E-state index contributed by atoms with van der Waals surface area (Å²) in [6, 6.07) is 24.4. The van der Waals surface area contributed by atoms with E-state index in [9.17, 15) is 13.5 Å². The van der Waals surface area contributed by atoms with Crippen LogP contribution in [0.4, 0.5) is 11.4 Å². The minimum Gasteiger partial charge on any atom is -0.494 e. The highest BCUT2D eigenvalue weighted by atomic mass is 32.2. The first-order valence-corrected chi connectivity index (χ1v) is 12.8. The molecule has 4 rings (SSSR count). The van der Waals surface area contributed by atoms with Crippen molar-refractivity contribution in [1.29, 1.82) is 0 Å². The lowest BCUT2D eigenvalue weighted by molar-refractivity contribution is 0.419. The lowest BCUT2D eigenvalue weighted by Gasteiger charge is -2.24. The molecule has 34 heavy (non-hydrogen) atoms. The molecule has 0 aliphatic rings. The highest BCUT2D eigenvalue weighted by Crippen LogP contribution is 2.32. The van der Waals surface area contributed by atoms with E-state index in [-0.39, 0.29) is 5.88 Å². The van der Waals surface area contributed by atoms with Crippen molar-refractivity contribution in [1.82, 2.24) is 9.88 Å². The molecule has 0 aliphatic heterocycles. The van der Waals surface area contributed by atoms with Crippen LogP contribution in [0.5, 0.6) is 5.88 Å². The standard InChI is InChI=1S/C26H28N4O3S/c1-29(2)16-17-30(34(3,32)33)21-13-9-12-20(18-21)27-25(19-10-5-4-6-11-19)24-22-14-7-8-15-23(22)28-26(24)31/h4-15,18,28,31H,16-17H2,1-3H3. The van der Waals surface area contributed by atoms with Crippen LogP contribution in [0.1, 0.15) is 11.1 Å². The number of hydrogen-bond acceptors (Lipinski definition) is 5. The second kappa shape index (κ2) is 9.70. The molecule has 2 N–H and O–H groups in total. The van der Waals surface area contributed by atoms with Gasteiger partial charge in [-0.05, 0) is 38.4 Å². The Labute approximate surface area is 200 Å². The molecule has 0 unspecified atom stereocenters. The number of anilines is 1. The van der Waals surface area contributed by atoms with Gasteiger partial charge < -0.3 is 15.0 Å². The van der Waals surface area contributed by atoms with E-state index in [1.165, 1.54) is 10.6 Å². The van der Waals surface area contributed by atoms with Gasteiger partial charge in [0.2, 0.25) is 10.0 Å². The largest absolute Gasteiger partial charge is 0.494 e. The van der Waals surface area contributed by atoms with Crippen LogP contribution in [0, 0.1) is 0 Å². The smallest absolute Gasteiger partial charge is 0.232 e. The van der Waals surface area contributed by atoms with Crippen molar-refractivity contribution in [2.45, 2.75) is 0 Å². The number of sulfonamides is 1. The Hall–Kier alpha value is -3.62. The third-order valence-corrected chi connectivity index (χ3v) is 6.67. The van der Waals surface area contributed by atoms with E-state index in [1.807, 2.05) is 79.7 Å². The molecule has 0 bridgehead atoms. The van der Waals surface area contributed by atoms with Gasteiger partial charge in [0.15, 0.2) is 5.88 Å². The van der Waals surface area contributed by atoms with Gasteiger partial charge in [0.1, 0.15) is 0 Å². The zero-order chi connectivity index (χ0) is 24.3. The Morgan fingerprint density at radius 2 is 1.65 bits per heavy atom. The van der Waals surface area contributed by atoms with E-state index < -0.39 is 10.0 Å². The van der Waals surface area contributed by atoms with Gasteiger partial charge in [-0.15, -0.1) is 0 Å². The van der Waals surface area contributed by atoms with Gasteiger partial charge in [-0.25, -0.2) is 13.4 Å². The molecule has 176 valence electrons. The maximum absolute atomic E-state index is 12.5. The molecule has 3 aromatic carbocycles. The summed E-state index contributed by atoms with van der Waals surface area (Å²) < 4.78 is 26.4. The number of aromatic hydroxyl groups is 1. The van der Waals surface area contributed by atoms with E-state index in [0.717, 1.165) is 16.5 Å². The molecule has 0 radical (unpaired) electrons.